The summed E-state index contributed by atoms with van der Waals surface area (Å²) >= 11 is 17.4. The molecule has 1 saturated heterocycles. The molecule has 2 aromatic rings. The van der Waals surface area contributed by atoms with Gasteiger partial charge in [0.05, 0.1) is 11.6 Å². The van der Waals surface area contributed by atoms with Gasteiger partial charge < -0.3 is 10.6 Å². The first-order valence-corrected chi connectivity index (χ1v) is 7.76. The number of hydrogen-bond acceptors (Lipinski definition) is 1. The highest BCUT2D eigenvalue weighted by molar-refractivity contribution is 7.80. The van der Waals surface area contributed by atoms with Crippen molar-refractivity contribution in [1.29, 1.82) is 0 Å². The minimum Gasteiger partial charge on any atom is -0.353 e. The molecule has 2 unspecified atom stereocenters. The molecule has 2 atom stereocenters. The molecule has 0 amide bonds. The molecule has 0 spiro atoms. The Bertz CT molecular complexity index is 687. The third-order valence-corrected chi connectivity index (χ3v) is 4.56. The Labute approximate surface area is 139 Å². The Morgan fingerprint density at radius 1 is 1.05 bits per heavy atom. The van der Waals surface area contributed by atoms with Crippen molar-refractivity contribution < 1.29 is 0 Å². The van der Waals surface area contributed by atoms with E-state index in [9.17, 15) is 0 Å². The van der Waals surface area contributed by atoms with E-state index < -0.39 is 0 Å². The summed E-state index contributed by atoms with van der Waals surface area (Å²) in [6.07, 6.45) is 0. The number of benzene rings is 2. The predicted molar refractivity (Wildman–Crippen MR) is 91.9 cm³/mol. The molecule has 0 saturated carbocycles. The summed E-state index contributed by atoms with van der Waals surface area (Å²) in [4.78, 5) is 0. The first-order valence-electron chi connectivity index (χ1n) is 6.59. The Hall–Kier alpha value is -1.29. The van der Waals surface area contributed by atoms with Gasteiger partial charge in [0.2, 0.25) is 0 Å². The Balaban J connectivity index is 2.06. The van der Waals surface area contributed by atoms with Gasteiger partial charge in [0.25, 0.3) is 0 Å². The predicted octanol–water partition coefficient (Wildman–Crippen LogP) is 4.43. The van der Waals surface area contributed by atoms with Crippen molar-refractivity contribution in [1.82, 2.24) is 10.6 Å². The van der Waals surface area contributed by atoms with Gasteiger partial charge in [-0.05, 0) is 54.5 Å². The molecule has 0 radical (unpaired) electrons. The Morgan fingerprint density at radius 3 is 2.43 bits per heavy atom. The van der Waals surface area contributed by atoms with Crippen LogP contribution in [0.15, 0.2) is 48.5 Å². The Kier molecular flexibility index (Phi) is 3.82. The number of thiocarbonyl (C=S) groups is 1. The summed E-state index contributed by atoms with van der Waals surface area (Å²) in [5.41, 5.74) is 1.84. The van der Waals surface area contributed by atoms with Crippen LogP contribution >= 0.6 is 35.4 Å². The van der Waals surface area contributed by atoms with Gasteiger partial charge >= 0.3 is 0 Å². The van der Waals surface area contributed by atoms with E-state index in [0.717, 1.165) is 16.1 Å². The average Bonchev–Trinajstić information content (AvgIpc) is 2.76. The second kappa shape index (κ2) is 5.48. The second-order valence-electron chi connectivity index (χ2n) is 5.30. The fourth-order valence-corrected chi connectivity index (χ4v) is 3.39. The summed E-state index contributed by atoms with van der Waals surface area (Å²) < 4.78 is 0. The highest BCUT2D eigenvalue weighted by atomic mass is 35.5. The van der Waals surface area contributed by atoms with E-state index in [1.54, 1.807) is 0 Å². The van der Waals surface area contributed by atoms with Crippen LogP contribution < -0.4 is 10.6 Å². The molecule has 0 bridgehead atoms. The molecule has 5 heteroatoms. The van der Waals surface area contributed by atoms with Gasteiger partial charge in [-0.2, -0.15) is 0 Å². The lowest BCUT2D eigenvalue weighted by atomic mass is 9.82. The van der Waals surface area contributed by atoms with Gasteiger partial charge in [-0.25, -0.2) is 0 Å². The first-order chi connectivity index (χ1) is 9.99. The smallest absolute Gasteiger partial charge is 0.167 e. The van der Waals surface area contributed by atoms with Crippen LogP contribution in [0.3, 0.4) is 0 Å². The lowest BCUT2D eigenvalue weighted by Crippen LogP contribution is -2.39. The molecule has 1 fully saturated rings. The van der Waals surface area contributed by atoms with Crippen LogP contribution in [0.1, 0.15) is 24.1 Å². The van der Waals surface area contributed by atoms with Crippen LogP contribution in [0.2, 0.25) is 10.0 Å². The van der Waals surface area contributed by atoms with E-state index in [1.807, 2.05) is 42.5 Å². The topological polar surface area (TPSA) is 24.1 Å². The average molecular weight is 337 g/mol. The van der Waals surface area contributed by atoms with Crippen LogP contribution in [0.25, 0.3) is 0 Å². The molecule has 2 N–H and O–H groups in total. The fourth-order valence-electron chi connectivity index (χ4n) is 2.74. The molecule has 0 aliphatic carbocycles. The van der Waals surface area contributed by atoms with E-state index in [1.165, 1.54) is 0 Å². The zero-order chi connectivity index (χ0) is 15.0. The highest BCUT2D eigenvalue weighted by Crippen LogP contribution is 2.39. The zero-order valence-corrected chi connectivity index (χ0v) is 13.7. The van der Waals surface area contributed by atoms with Crippen molar-refractivity contribution >= 4 is 40.5 Å². The van der Waals surface area contributed by atoms with Crippen LogP contribution in [-0.2, 0) is 5.54 Å². The standard InChI is InChI=1S/C16H14Cl2N2S/c1-16(11-3-2-4-13(18)9-11)14(19-15(21)20-16)10-5-7-12(17)8-6-10/h2-9,14H,1H3,(H2,19,20,21). The Morgan fingerprint density at radius 2 is 1.76 bits per heavy atom. The summed E-state index contributed by atoms with van der Waals surface area (Å²) in [7, 11) is 0. The zero-order valence-electron chi connectivity index (χ0n) is 11.4. The number of halogens is 2. The fraction of sp³-hybridized carbons (Fsp3) is 0.188. The van der Waals surface area contributed by atoms with Crippen molar-refractivity contribution in [2.45, 2.75) is 18.5 Å². The minimum absolute atomic E-state index is 0.0146. The molecule has 108 valence electrons. The van der Waals surface area contributed by atoms with Gasteiger partial charge in [-0.3, -0.25) is 0 Å². The first kappa shape index (κ1) is 14.6. The molecule has 1 heterocycles. The van der Waals surface area contributed by atoms with Crippen molar-refractivity contribution in [3.05, 3.63) is 69.7 Å². The lowest BCUT2D eigenvalue weighted by Gasteiger charge is -2.31. The second-order valence-corrected chi connectivity index (χ2v) is 6.58. The third-order valence-electron chi connectivity index (χ3n) is 3.85. The van der Waals surface area contributed by atoms with Crippen LogP contribution in [0, 0.1) is 0 Å². The molecule has 21 heavy (non-hydrogen) atoms. The summed E-state index contributed by atoms with van der Waals surface area (Å²) in [6, 6.07) is 15.6. The van der Waals surface area contributed by atoms with Gasteiger partial charge in [0, 0.05) is 10.0 Å². The molecule has 2 nitrogen and oxygen atoms in total. The number of rotatable bonds is 2. The normalized spacial score (nSPS) is 24.5. The number of hydrogen-bond donors (Lipinski definition) is 2. The van der Waals surface area contributed by atoms with E-state index >= 15 is 0 Å². The van der Waals surface area contributed by atoms with Crippen LogP contribution in [-0.4, -0.2) is 5.11 Å². The SMILES string of the molecule is CC1(c2cccc(Cl)c2)NC(=S)NC1c1ccc(Cl)cc1. The molecule has 3 rings (SSSR count). The van der Waals surface area contributed by atoms with Gasteiger partial charge in [0.1, 0.15) is 0 Å². The van der Waals surface area contributed by atoms with Crippen molar-refractivity contribution in [2.75, 3.05) is 0 Å². The summed E-state index contributed by atoms with van der Waals surface area (Å²) in [5, 5.41) is 8.76. The van der Waals surface area contributed by atoms with Crippen LogP contribution in [0.4, 0.5) is 0 Å². The van der Waals surface area contributed by atoms with E-state index in [0.29, 0.717) is 10.1 Å². The maximum Gasteiger partial charge on any atom is 0.167 e. The molecule has 1 aliphatic rings. The lowest BCUT2D eigenvalue weighted by molar-refractivity contribution is 0.379. The van der Waals surface area contributed by atoms with Crippen LogP contribution in [0.5, 0.6) is 0 Å². The van der Waals surface area contributed by atoms with Crippen molar-refractivity contribution in [3.63, 3.8) is 0 Å². The van der Waals surface area contributed by atoms with Gasteiger partial charge in [-0.15, -0.1) is 0 Å². The molecular formula is C16H14Cl2N2S. The van der Waals surface area contributed by atoms with Crippen molar-refractivity contribution in [2.24, 2.45) is 0 Å². The number of nitrogens with one attached hydrogen (secondary N) is 2. The minimum atomic E-state index is -0.365. The third kappa shape index (κ3) is 2.73. The monoisotopic (exact) mass is 336 g/mol. The maximum absolute atomic E-state index is 6.14. The van der Waals surface area contributed by atoms with E-state index in [-0.39, 0.29) is 11.6 Å². The highest BCUT2D eigenvalue weighted by Gasteiger charge is 2.43. The summed E-state index contributed by atoms with van der Waals surface area (Å²) in [6.45, 7) is 2.12. The van der Waals surface area contributed by atoms with E-state index in [2.05, 4.69) is 23.6 Å². The molecule has 0 aromatic heterocycles. The summed E-state index contributed by atoms with van der Waals surface area (Å²) in [5.74, 6) is 0. The maximum atomic E-state index is 6.14. The van der Waals surface area contributed by atoms with Gasteiger partial charge in [0.15, 0.2) is 5.11 Å². The molecular weight excluding hydrogens is 323 g/mol. The van der Waals surface area contributed by atoms with E-state index in [4.69, 9.17) is 35.4 Å². The molecule has 1 aliphatic heterocycles. The largest absolute Gasteiger partial charge is 0.353 e. The van der Waals surface area contributed by atoms with Crippen molar-refractivity contribution in [3.8, 4) is 0 Å². The van der Waals surface area contributed by atoms with Gasteiger partial charge in [-0.1, -0.05) is 47.5 Å². The molecule has 2 aromatic carbocycles. The quantitative estimate of drug-likeness (QED) is 0.793.